The molecule has 1 aliphatic rings. The van der Waals surface area contributed by atoms with Gasteiger partial charge in [0.2, 0.25) is 6.79 Å². The summed E-state index contributed by atoms with van der Waals surface area (Å²) in [6, 6.07) is 9.06. The van der Waals surface area contributed by atoms with Crippen molar-refractivity contribution in [2.45, 2.75) is 0 Å². The van der Waals surface area contributed by atoms with Gasteiger partial charge < -0.3 is 9.47 Å². The second-order valence-corrected chi connectivity index (χ2v) is 5.30. The first-order valence-electron chi connectivity index (χ1n) is 6.20. The quantitative estimate of drug-likeness (QED) is 0.615. The van der Waals surface area contributed by atoms with Crippen LogP contribution in [-0.2, 0) is 0 Å². The van der Waals surface area contributed by atoms with Gasteiger partial charge in [-0.15, -0.1) is 0 Å². The van der Waals surface area contributed by atoms with Gasteiger partial charge in [-0.3, -0.25) is 4.79 Å². The lowest BCUT2D eigenvalue weighted by molar-refractivity contribution is 0.104. The third kappa shape index (κ3) is 2.97. The first kappa shape index (κ1) is 13.8. The van der Waals surface area contributed by atoms with E-state index in [9.17, 15) is 9.18 Å². The molecule has 2 aromatic carbocycles. The van der Waals surface area contributed by atoms with E-state index in [1.54, 1.807) is 12.1 Å². The van der Waals surface area contributed by atoms with Crippen LogP contribution in [0.15, 0.2) is 46.9 Å². The fraction of sp³-hybridized carbons (Fsp3) is 0.0625. The molecule has 106 valence electrons. The monoisotopic (exact) mass is 348 g/mol. The molecule has 3 nitrogen and oxygen atoms in total. The van der Waals surface area contributed by atoms with E-state index in [0.717, 1.165) is 10.0 Å². The predicted octanol–water partition coefficient (Wildman–Crippen LogP) is 4.21. The standard InChI is InChI=1S/C16H10BrFO3/c17-13-7-10(8-15-16(13)21-9-20-15)1-6-14(19)11-2-4-12(18)5-3-11/h1-8H,9H2/b6-1+. The van der Waals surface area contributed by atoms with Crippen molar-refractivity contribution in [2.24, 2.45) is 0 Å². The fourth-order valence-electron chi connectivity index (χ4n) is 1.97. The summed E-state index contributed by atoms with van der Waals surface area (Å²) in [4.78, 5) is 12.0. The summed E-state index contributed by atoms with van der Waals surface area (Å²) in [5, 5.41) is 0. The second-order valence-electron chi connectivity index (χ2n) is 4.44. The summed E-state index contributed by atoms with van der Waals surface area (Å²) in [6.07, 6.45) is 3.12. The van der Waals surface area contributed by atoms with Crippen molar-refractivity contribution in [2.75, 3.05) is 6.79 Å². The van der Waals surface area contributed by atoms with Gasteiger partial charge in [-0.1, -0.05) is 6.08 Å². The number of hydrogen-bond acceptors (Lipinski definition) is 3. The average molecular weight is 349 g/mol. The number of carbonyl (C=O) groups is 1. The van der Waals surface area contributed by atoms with Crippen LogP contribution < -0.4 is 9.47 Å². The minimum Gasteiger partial charge on any atom is -0.454 e. The van der Waals surface area contributed by atoms with Gasteiger partial charge in [-0.05, 0) is 64.0 Å². The molecule has 1 aliphatic heterocycles. The van der Waals surface area contributed by atoms with Crippen molar-refractivity contribution < 1.29 is 18.7 Å². The molecule has 0 atom stereocenters. The average Bonchev–Trinajstić information content (AvgIpc) is 2.94. The van der Waals surface area contributed by atoms with Crippen molar-refractivity contribution in [1.29, 1.82) is 0 Å². The molecule has 0 spiro atoms. The molecular weight excluding hydrogens is 339 g/mol. The molecule has 0 N–H and O–H groups in total. The van der Waals surface area contributed by atoms with E-state index in [1.165, 1.54) is 30.3 Å². The topological polar surface area (TPSA) is 35.5 Å². The van der Waals surface area contributed by atoms with Crippen LogP contribution >= 0.6 is 15.9 Å². The van der Waals surface area contributed by atoms with Gasteiger partial charge in [0.15, 0.2) is 17.3 Å². The lowest BCUT2D eigenvalue weighted by Crippen LogP contribution is -1.93. The van der Waals surface area contributed by atoms with Crippen molar-refractivity contribution in [1.82, 2.24) is 0 Å². The zero-order valence-electron chi connectivity index (χ0n) is 10.8. The van der Waals surface area contributed by atoms with Crippen LogP contribution in [-0.4, -0.2) is 12.6 Å². The SMILES string of the molecule is O=C(/C=C/c1cc(Br)c2c(c1)OCO2)c1ccc(F)cc1. The van der Waals surface area contributed by atoms with E-state index in [2.05, 4.69) is 15.9 Å². The van der Waals surface area contributed by atoms with Crippen LogP contribution in [0.3, 0.4) is 0 Å². The second kappa shape index (κ2) is 5.69. The number of hydrogen-bond donors (Lipinski definition) is 0. The minimum atomic E-state index is -0.366. The summed E-state index contributed by atoms with van der Waals surface area (Å²) in [6.45, 7) is 0.190. The molecule has 0 radical (unpaired) electrons. The number of allylic oxidation sites excluding steroid dienone is 1. The summed E-state index contributed by atoms with van der Waals surface area (Å²) in [5.41, 5.74) is 1.24. The highest BCUT2D eigenvalue weighted by molar-refractivity contribution is 9.10. The van der Waals surface area contributed by atoms with E-state index in [1.807, 2.05) is 6.07 Å². The highest BCUT2D eigenvalue weighted by Gasteiger charge is 2.17. The maximum absolute atomic E-state index is 12.8. The minimum absolute atomic E-state index is 0.190. The Balaban J connectivity index is 1.81. The molecule has 0 fully saturated rings. The molecule has 0 aliphatic carbocycles. The van der Waals surface area contributed by atoms with Gasteiger partial charge in [0.25, 0.3) is 0 Å². The van der Waals surface area contributed by atoms with Gasteiger partial charge in [0.05, 0.1) is 4.47 Å². The number of ketones is 1. The Bertz CT molecular complexity index is 723. The molecule has 3 rings (SSSR count). The molecule has 21 heavy (non-hydrogen) atoms. The number of halogens is 2. The Morgan fingerprint density at radius 2 is 1.95 bits per heavy atom. The van der Waals surface area contributed by atoms with Gasteiger partial charge >= 0.3 is 0 Å². The van der Waals surface area contributed by atoms with E-state index < -0.39 is 0 Å². The Morgan fingerprint density at radius 1 is 1.19 bits per heavy atom. The van der Waals surface area contributed by atoms with Crippen molar-refractivity contribution in [3.63, 3.8) is 0 Å². The van der Waals surface area contributed by atoms with E-state index in [0.29, 0.717) is 17.1 Å². The third-order valence-corrected chi connectivity index (χ3v) is 3.59. The smallest absolute Gasteiger partial charge is 0.231 e. The number of carbonyl (C=O) groups excluding carboxylic acids is 1. The van der Waals surface area contributed by atoms with Gasteiger partial charge in [0, 0.05) is 5.56 Å². The summed E-state index contributed by atoms with van der Waals surface area (Å²) < 4.78 is 24.2. The van der Waals surface area contributed by atoms with Crippen molar-refractivity contribution >= 4 is 27.8 Å². The summed E-state index contributed by atoms with van der Waals surface area (Å²) in [7, 11) is 0. The molecular formula is C16H10BrFO3. The Hall–Kier alpha value is -2.14. The lowest BCUT2D eigenvalue weighted by atomic mass is 10.1. The molecule has 0 amide bonds. The van der Waals surface area contributed by atoms with Crippen LogP contribution in [0.4, 0.5) is 4.39 Å². The van der Waals surface area contributed by atoms with E-state index in [4.69, 9.17) is 9.47 Å². The molecule has 0 saturated heterocycles. The maximum atomic E-state index is 12.8. The Kier molecular flexibility index (Phi) is 3.75. The highest BCUT2D eigenvalue weighted by atomic mass is 79.9. The predicted molar refractivity (Wildman–Crippen MR) is 80.0 cm³/mol. The van der Waals surface area contributed by atoms with Crippen LogP contribution in [0.1, 0.15) is 15.9 Å². The number of rotatable bonds is 3. The Morgan fingerprint density at radius 3 is 2.71 bits per heavy atom. The van der Waals surface area contributed by atoms with Gasteiger partial charge in [-0.2, -0.15) is 0 Å². The molecule has 1 heterocycles. The molecule has 5 heteroatoms. The van der Waals surface area contributed by atoms with Gasteiger partial charge in [0.1, 0.15) is 5.82 Å². The van der Waals surface area contributed by atoms with E-state index >= 15 is 0 Å². The third-order valence-electron chi connectivity index (χ3n) is 3.01. The van der Waals surface area contributed by atoms with Crippen LogP contribution in [0.5, 0.6) is 11.5 Å². The van der Waals surface area contributed by atoms with Gasteiger partial charge in [-0.25, -0.2) is 4.39 Å². The molecule has 0 bridgehead atoms. The van der Waals surface area contributed by atoms with Crippen LogP contribution in [0.2, 0.25) is 0 Å². The fourth-order valence-corrected chi connectivity index (χ4v) is 2.54. The summed E-state index contributed by atoms with van der Waals surface area (Å²) >= 11 is 3.39. The molecule has 2 aromatic rings. The van der Waals surface area contributed by atoms with Crippen LogP contribution in [0, 0.1) is 5.82 Å². The lowest BCUT2D eigenvalue weighted by Gasteiger charge is -2.01. The summed E-state index contributed by atoms with van der Waals surface area (Å²) in [5.74, 6) is 0.745. The number of fused-ring (bicyclic) bond motifs is 1. The van der Waals surface area contributed by atoms with E-state index in [-0.39, 0.29) is 18.4 Å². The Labute approximate surface area is 129 Å². The molecule has 0 unspecified atom stereocenters. The molecule has 0 aromatic heterocycles. The highest BCUT2D eigenvalue weighted by Crippen LogP contribution is 2.40. The maximum Gasteiger partial charge on any atom is 0.231 e. The first-order valence-corrected chi connectivity index (χ1v) is 7.00. The zero-order valence-corrected chi connectivity index (χ0v) is 12.4. The van der Waals surface area contributed by atoms with Crippen LogP contribution in [0.25, 0.3) is 6.08 Å². The van der Waals surface area contributed by atoms with Crippen molar-refractivity contribution in [3.05, 3.63) is 63.9 Å². The first-order chi connectivity index (χ1) is 10.1. The number of benzene rings is 2. The zero-order chi connectivity index (χ0) is 14.8. The largest absolute Gasteiger partial charge is 0.454 e. The van der Waals surface area contributed by atoms with Crippen molar-refractivity contribution in [3.8, 4) is 11.5 Å². The molecule has 0 saturated carbocycles. The number of ether oxygens (including phenoxy) is 2. The normalized spacial score (nSPS) is 12.9.